The van der Waals surface area contributed by atoms with Crippen LogP contribution in [0.5, 0.6) is 0 Å². The number of piperidine rings is 1. The van der Waals surface area contributed by atoms with E-state index in [0.29, 0.717) is 24.8 Å². The fraction of sp³-hybridized carbons (Fsp3) is 0.476. The molecule has 0 unspecified atom stereocenters. The SMILES string of the molecule is CC(=O)N1CCC(CN2C(=O)C[C@@](C)(c3ccc4sccc4c3)N=C2N)CC1. The average Bonchev–Trinajstić information content (AvgIpc) is 3.13. The summed E-state index contributed by atoms with van der Waals surface area (Å²) >= 11 is 1.70. The number of likely N-dealkylation sites (tertiary alicyclic amines) is 1. The van der Waals surface area contributed by atoms with E-state index in [1.165, 1.54) is 10.1 Å². The smallest absolute Gasteiger partial charge is 0.232 e. The van der Waals surface area contributed by atoms with E-state index < -0.39 is 5.54 Å². The quantitative estimate of drug-likeness (QED) is 0.863. The van der Waals surface area contributed by atoms with Gasteiger partial charge in [0.2, 0.25) is 11.8 Å². The number of nitrogens with two attached hydrogens (primary N) is 1. The number of rotatable bonds is 3. The fourth-order valence-corrected chi connectivity index (χ4v) is 4.99. The van der Waals surface area contributed by atoms with Crippen molar-refractivity contribution in [3.8, 4) is 0 Å². The maximum absolute atomic E-state index is 13.0. The summed E-state index contributed by atoms with van der Waals surface area (Å²) in [6, 6.07) is 8.34. The van der Waals surface area contributed by atoms with E-state index >= 15 is 0 Å². The third kappa shape index (κ3) is 3.51. The minimum Gasteiger partial charge on any atom is -0.369 e. The van der Waals surface area contributed by atoms with Gasteiger partial charge in [-0.2, -0.15) is 0 Å². The average molecular weight is 399 g/mol. The van der Waals surface area contributed by atoms with E-state index in [0.717, 1.165) is 31.5 Å². The molecule has 1 saturated heterocycles. The highest BCUT2D eigenvalue weighted by molar-refractivity contribution is 7.17. The highest BCUT2D eigenvalue weighted by Crippen LogP contribution is 2.36. The summed E-state index contributed by atoms with van der Waals surface area (Å²) < 4.78 is 1.23. The van der Waals surface area contributed by atoms with Gasteiger partial charge in [-0.25, -0.2) is 4.99 Å². The molecule has 0 radical (unpaired) electrons. The standard InChI is InChI=1S/C21H26N4O2S/c1-14(26)24-8-5-15(6-9-24)13-25-19(27)12-21(2,23-20(25)22)17-3-4-18-16(11-17)7-10-28-18/h3-4,7,10-11,15H,5-6,8-9,12-13H2,1-2H3,(H2,22,23)/t21-/m0/s1. The molecule has 0 bridgehead atoms. The zero-order valence-electron chi connectivity index (χ0n) is 16.4. The Labute approximate surface area is 169 Å². The van der Waals surface area contributed by atoms with E-state index in [1.54, 1.807) is 23.2 Å². The largest absolute Gasteiger partial charge is 0.369 e. The first-order chi connectivity index (χ1) is 13.4. The summed E-state index contributed by atoms with van der Waals surface area (Å²) in [6.45, 7) is 5.66. The van der Waals surface area contributed by atoms with Crippen LogP contribution in [0.4, 0.5) is 0 Å². The van der Waals surface area contributed by atoms with Crippen molar-refractivity contribution in [3.05, 3.63) is 35.2 Å². The lowest BCUT2D eigenvalue weighted by atomic mass is 9.86. The molecule has 0 aliphatic carbocycles. The molecule has 28 heavy (non-hydrogen) atoms. The maximum Gasteiger partial charge on any atom is 0.232 e. The molecule has 1 aromatic carbocycles. The number of guanidine groups is 1. The predicted molar refractivity (Wildman–Crippen MR) is 112 cm³/mol. The van der Waals surface area contributed by atoms with Crippen molar-refractivity contribution >= 4 is 39.2 Å². The minimum atomic E-state index is -0.633. The molecule has 0 spiro atoms. The number of fused-ring (bicyclic) bond motifs is 1. The maximum atomic E-state index is 13.0. The van der Waals surface area contributed by atoms with E-state index in [1.807, 2.05) is 11.8 Å². The summed E-state index contributed by atoms with van der Waals surface area (Å²) in [5.41, 5.74) is 6.64. The van der Waals surface area contributed by atoms with E-state index in [4.69, 9.17) is 10.7 Å². The monoisotopic (exact) mass is 398 g/mol. The van der Waals surface area contributed by atoms with Gasteiger partial charge in [-0.15, -0.1) is 11.3 Å². The molecule has 2 amide bonds. The molecule has 2 aliphatic heterocycles. The van der Waals surface area contributed by atoms with Crippen molar-refractivity contribution < 1.29 is 9.59 Å². The molecule has 1 fully saturated rings. The summed E-state index contributed by atoms with van der Waals surface area (Å²) in [4.78, 5) is 32.7. The van der Waals surface area contributed by atoms with Crippen LogP contribution in [0.15, 0.2) is 34.6 Å². The van der Waals surface area contributed by atoms with Crippen LogP contribution in [0.25, 0.3) is 10.1 Å². The van der Waals surface area contributed by atoms with Crippen LogP contribution >= 0.6 is 11.3 Å². The van der Waals surface area contributed by atoms with Gasteiger partial charge < -0.3 is 10.6 Å². The highest BCUT2D eigenvalue weighted by atomic mass is 32.1. The normalized spacial score (nSPS) is 23.9. The summed E-state index contributed by atoms with van der Waals surface area (Å²) in [7, 11) is 0. The van der Waals surface area contributed by atoms with Crippen LogP contribution in [-0.2, 0) is 15.1 Å². The second-order valence-corrected chi connectivity index (χ2v) is 9.00. The molecule has 4 rings (SSSR count). The molecule has 2 N–H and O–H groups in total. The first-order valence-corrected chi connectivity index (χ1v) is 10.6. The number of thiophene rings is 1. The van der Waals surface area contributed by atoms with E-state index in [2.05, 4.69) is 29.6 Å². The summed E-state index contributed by atoms with van der Waals surface area (Å²) in [5, 5.41) is 3.24. The number of hydrogen-bond acceptors (Lipinski definition) is 5. The topological polar surface area (TPSA) is 79.0 Å². The Morgan fingerprint density at radius 1 is 1.32 bits per heavy atom. The van der Waals surface area contributed by atoms with Crippen LogP contribution in [0.2, 0.25) is 0 Å². The molecule has 3 heterocycles. The second kappa shape index (κ2) is 7.20. The Morgan fingerprint density at radius 3 is 2.75 bits per heavy atom. The molecular weight excluding hydrogens is 372 g/mol. The number of nitrogens with zero attached hydrogens (tertiary/aromatic N) is 3. The molecule has 148 valence electrons. The van der Waals surface area contributed by atoms with Crippen LogP contribution < -0.4 is 5.73 Å². The molecule has 2 aliphatic rings. The Kier molecular flexibility index (Phi) is 4.87. The molecule has 7 heteroatoms. The Bertz CT molecular complexity index is 945. The van der Waals surface area contributed by atoms with Gasteiger partial charge in [0.05, 0.1) is 12.0 Å². The second-order valence-electron chi connectivity index (χ2n) is 8.05. The van der Waals surface area contributed by atoms with Gasteiger partial charge in [-0.05, 0) is 60.2 Å². The molecular formula is C21H26N4O2S. The zero-order chi connectivity index (χ0) is 19.9. The lowest BCUT2D eigenvalue weighted by Crippen LogP contribution is -2.52. The van der Waals surface area contributed by atoms with Crippen molar-refractivity contribution in [2.24, 2.45) is 16.6 Å². The van der Waals surface area contributed by atoms with Gasteiger partial charge in [-0.1, -0.05) is 6.07 Å². The summed E-state index contributed by atoms with van der Waals surface area (Å²) in [6.07, 6.45) is 2.10. The van der Waals surface area contributed by atoms with Gasteiger partial charge in [-0.3, -0.25) is 14.5 Å². The van der Waals surface area contributed by atoms with Crippen molar-refractivity contribution in [3.63, 3.8) is 0 Å². The Morgan fingerprint density at radius 2 is 2.07 bits per heavy atom. The molecule has 0 saturated carbocycles. The van der Waals surface area contributed by atoms with E-state index in [-0.39, 0.29) is 11.8 Å². The third-order valence-corrected chi connectivity index (χ3v) is 6.91. The molecule has 2 aromatic rings. The fourth-order valence-electron chi connectivity index (χ4n) is 4.22. The lowest BCUT2D eigenvalue weighted by molar-refractivity contribution is -0.132. The predicted octanol–water partition coefficient (Wildman–Crippen LogP) is 2.92. The van der Waals surface area contributed by atoms with E-state index in [9.17, 15) is 9.59 Å². The van der Waals surface area contributed by atoms with Crippen LogP contribution in [0, 0.1) is 5.92 Å². The van der Waals surface area contributed by atoms with Gasteiger partial charge in [0.1, 0.15) is 0 Å². The van der Waals surface area contributed by atoms with Crippen LogP contribution in [-0.4, -0.2) is 47.2 Å². The lowest BCUT2D eigenvalue weighted by Gasteiger charge is -2.38. The van der Waals surface area contributed by atoms with Gasteiger partial charge in [0, 0.05) is 31.3 Å². The third-order valence-electron chi connectivity index (χ3n) is 6.01. The van der Waals surface area contributed by atoms with Crippen molar-refractivity contribution in [1.29, 1.82) is 0 Å². The van der Waals surface area contributed by atoms with Gasteiger partial charge in [0.15, 0.2) is 5.96 Å². The van der Waals surface area contributed by atoms with Gasteiger partial charge in [0.25, 0.3) is 0 Å². The Hall–Kier alpha value is -2.41. The highest BCUT2D eigenvalue weighted by Gasteiger charge is 2.38. The number of aliphatic imine (C=N–C) groups is 1. The zero-order valence-corrected chi connectivity index (χ0v) is 17.2. The Balaban J connectivity index is 1.50. The molecule has 1 atom stereocenters. The van der Waals surface area contributed by atoms with Crippen LogP contribution in [0.3, 0.4) is 0 Å². The van der Waals surface area contributed by atoms with Crippen molar-refractivity contribution in [2.75, 3.05) is 19.6 Å². The first kappa shape index (κ1) is 18.9. The van der Waals surface area contributed by atoms with Gasteiger partial charge >= 0.3 is 0 Å². The molecule has 6 nitrogen and oxygen atoms in total. The summed E-state index contributed by atoms with van der Waals surface area (Å²) in [5.74, 6) is 0.791. The number of benzene rings is 1. The van der Waals surface area contributed by atoms with Crippen molar-refractivity contribution in [2.45, 2.75) is 38.6 Å². The number of carbonyl (C=O) groups excluding carboxylic acids is 2. The number of hydrogen-bond donors (Lipinski definition) is 1. The van der Waals surface area contributed by atoms with Crippen LogP contribution in [0.1, 0.15) is 38.7 Å². The first-order valence-electron chi connectivity index (χ1n) is 9.75. The van der Waals surface area contributed by atoms with Crippen molar-refractivity contribution in [1.82, 2.24) is 9.80 Å². The minimum absolute atomic E-state index is 0.0226. The number of amides is 2. The molecule has 1 aromatic heterocycles. The number of carbonyl (C=O) groups is 2.